The minimum Gasteiger partial charge on any atom is -0.489 e. The van der Waals surface area contributed by atoms with Gasteiger partial charge in [-0.3, -0.25) is 0 Å². The van der Waals surface area contributed by atoms with Crippen molar-refractivity contribution in [3.05, 3.63) is 82.3 Å². The maximum absolute atomic E-state index is 6.45. The van der Waals surface area contributed by atoms with E-state index in [0.29, 0.717) is 33.8 Å². The molecule has 0 aliphatic heterocycles. The van der Waals surface area contributed by atoms with Crippen molar-refractivity contribution in [2.75, 3.05) is 0 Å². The predicted octanol–water partition coefficient (Wildman–Crippen LogP) is 6.12. The number of fused-ring (bicyclic) bond motifs is 1. The molecule has 25 heavy (non-hydrogen) atoms. The number of aromatic amines is 1. The topological polar surface area (TPSA) is 37.9 Å². The third kappa shape index (κ3) is 3.34. The fourth-order valence-corrected chi connectivity index (χ4v) is 3.32. The number of hydrogen-bond donors (Lipinski definition) is 1. The summed E-state index contributed by atoms with van der Waals surface area (Å²) in [6.07, 6.45) is 0. The Labute approximate surface area is 155 Å². The molecule has 0 saturated heterocycles. The molecule has 0 atom stereocenters. The molecule has 4 aromatic rings. The van der Waals surface area contributed by atoms with E-state index in [0.717, 1.165) is 16.6 Å². The van der Waals surface area contributed by atoms with Crippen LogP contribution in [0.3, 0.4) is 0 Å². The van der Waals surface area contributed by atoms with Crippen LogP contribution in [-0.4, -0.2) is 9.97 Å². The molecule has 3 aromatic carbocycles. The first-order valence-corrected chi connectivity index (χ1v) is 8.57. The van der Waals surface area contributed by atoms with Gasteiger partial charge in [0.05, 0.1) is 26.6 Å². The molecule has 0 radical (unpaired) electrons. The lowest BCUT2D eigenvalue weighted by atomic mass is 10.2. The van der Waals surface area contributed by atoms with E-state index < -0.39 is 0 Å². The van der Waals surface area contributed by atoms with Crippen molar-refractivity contribution < 1.29 is 4.74 Å². The number of nitrogens with zero attached hydrogens (tertiary/aromatic N) is 1. The lowest BCUT2D eigenvalue weighted by Gasteiger charge is -2.10. The first-order valence-electron chi connectivity index (χ1n) is 7.81. The predicted molar refractivity (Wildman–Crippen MR) is 102 cm³/mol. The first-order chi connectivity index (χ1) is 12.2. The van der Waals surface area contributed by atoms with Crippen molar-refractivity contribution in [2.24, 2.45) is 0 Å². The molecular formula is C20H14Cl2N2O. The first kappa shape index (κ1) is 16.0. The number of imidazole rings is 1. The highest BCUT2D eigenvalue weighted by atomic mass is 35.5. The van der Waals surface area contributed by atoms with Gasteiger partial charge in [0, 0.05) is 0 Å². The summed E-state index contributed by atoms with van der Waals surface area (Å²) in [7, 11) is 0. The molecule has 0 aliphatic carbocycles. The van der Waals surface area contributed by atoms with Gasteiger partial charge in [-0.1, -0.05) is 65.7 Å². The molecule has 1 aromatic heterocycles. The molecule has 1 N–H and O–H groups in total. The molecule has 3 nitrogen and oxygen atoms in total. The molecule has 0 saturated carbocycles. The second kappa shape index (κ2) is 6.79. The number of ether oxygens (including phenoxy) is 1. The van der Waals surface area contributed by atoms with Gasteiger partial charge < -0.3 is 9.72 Å². The average Bonchev–Trinajstić information content (AvgIpc) is 3.04. The number of rotatable bonds is 4. The lowest BCUT2D eigenvalue weighted by molar-refractivity contribution is 0.306. The molecule has 0 bridgehead atoms. The van der Waals surface area contributed by atoms with Gasteiger partial charge in [-0.05, 0) is 29.8 Å². The van der Waals surface area contributed by atoms with Crippen LogP contribution >= 0.6 is 23.2 Å². The summed E-state index contributed by atoms with van der Waals surface area (Å²) in [5, 5.41) is 0.990. The Hall–Kier alpha value is -2.49. The summed E-state index contributed by atoms with van der Waals surface area (Å²) < 4.78 is 5.80. The Kier molecular flexibility index (Phi) is 4.35. The smallest absolute Gasteiger partial charge is 0.141 e. The highest BCUT2D eigenvalue weighted by Crippen LogP contribution is 2.37. The summed E-state index contributed by atoms with van der Waals surface area (Å²) in [5.41, 5.74) is 3.56. The molecule has 124 valence electrons. The van der Waals surface area contributed by atoms with E-state index in [1.807, 2.05) is 54.6 Å². The van der Waals surface area contributed by atoms with Gasteiger partial charge in [-0.15, -0.1) is 0 Å². The van der Waals surface area contributed by atoms with Crippen molar-refractivity contribution >= 4 is 34.2 Å². The SMILES string of the molecule is Clc1cc(OCc2ccccc2)cc(Cl)c1-c1nc2ccccc2[nH]1. The monoisotopic (exact) mass is 368 g/mol. The van der Waals surface area contributed by atoms with Crippen LogP contribution in [0.1, 0.15) is 5.56 Å². The van der Waals surface area contributed by atoms with Crippen molar-refractivity contribution in [1.82, 2.24) is 9.97 Å². The van der Waals surface area contributed by atoms with Crippen molar-refractivity contribution in [1.29, 1.82) is 0 Å². The second-order valence-corrected chi connectivity index (χ2v) is 6.45. The van der Waals surface area contributed by atoms with Crippen LogP contribution in [0.4, 0.5) is 0 Å². The number of aromatic nitrogens is 2. The summed E-state index contributed by atoms with van der Waals surface area (Å²) in [4.78, 5) is 7.81. The van der Waals surface area contributed by atoms with E-state index in [-0.39, 0.29) is 0 Å². The van der Waals surface area contributed by atoms with Crippen LogP contribution < -0.4 is 4.74 Å². The fraction of sp³-hybridized carbons (Fsp3) is 0.0500. The van der Waals surface area contributed by atoms with Gasteiger partial charge >= 0.3 is 0 Å². The van der Waals surface area contributed by atoms with Gasteiger partial charge in [0.25, 0.3) is 0 Å². The molecule has 4 rings (SSSR count). The quantitative estimate of drug-likeness (QED) is 0.471. The van der Waals surface area contributed by atoms with E-state index >= 15 is 0 Å². The summed E-state index contributed by atoms with van der Waals surface area (Å²) in [6.45, 7) is 0.456. The van der Waals surface area contributed by atoms with E-state index in [2.05, 4.69) is 9.97 Å². The zero-order valence-electron chi connectivity index (χ0n) is 13.2. The van der Waals surface area contributed by atoms with E-state index in [4.69, 9.17) is 27.9 Å². The van der Waals surface area contributed by atoms with Gasteiger partial charge in [0.15, 0.2) is 0 Å². The Bertz CT molecular complexity index is 972. The zero-order chi connectivity index (χ0) is 17.2. The number of halogens is 2. The highest BCUT2D eigenvalue weighted by molar-refractivity contribution is 6.39. The number of nitrogens with one attached hydrogen (secondary N) is 1. The van der Waals surface area contributed by atoms with E-state index in [1.165, 1.54) is 0 Å². The van der Waals surface area contributed by atoms with Gasteiger partial charge in [0.2, 0.25) is 0 Å². The molecule has 0 unspecified atom stereocenters. The van der Waals surface area contributed by atoms with Crippen molar-refractivity contribution in [2.45, 2.75) is 6.61 Å². The maximum Gasteiger partial charge on any atom is 0.141 e. The van der Waals surface area contributed by atoms with E-state index in [1.54, 1.807) is 12.1 Å². The average molecular weight is 369 g/mol. The van der Waals surface area contributed by atoms with Crippen LogP contribution in [0.2, 0.25) is 10.0 Å². The van der Waals surface area contributed by atoms with Crippen LogP contribution in [0.25, 0.3) is 22.4 Å². The van der Waals surface area contributed by atoms with Crippen LogP contribution in [0, 0.1) is 0 Å². The Morgan fingerprint density at radius 2 is 1.56 bits per heavy atom. The molecule has 5 heteroatoms. The standard InChI is InChI=1S/C20H14Cl2N2O/c21-15-10-14(25-12-13-6-2-1-3-7-13)11-16(22)19(15)20-23-17-8-4-5-9-18(17)24-20/h1-11H,12H2,(H,23,24). The minimum atomic E-state index is 0.456. The number of hydrogen-bond acceptors (Lipinski definition) is 2. The van der Waals surface area contributed by atoms with Crippen LogP contribution in [0.15, 0.2) is 66.7 Å². The van der Waals surface area contributed by atoms with Crippen molar-refractivity contribution in [3.63, 3.8) is 0 Å². The highest BCUT2D eigenvalue weighted by Gasteiger charge is 2.15. The lowest BCUT2D eigenvalue weighted by Crippen LogP contribution is -1.96. The van der Waals surface area contributed by atoms with Gasteiger partial charge in [-0.2, -0.15) is 0 Å². The third-order valence-corrected chi connectivity index (χ3v) is 4.49. The van der Waals surface area contributed by atoms with Crippen LogP contribution in [0.5, 0.6) is 5.75 Å². The molecular weight excluding hydrogens is 355 g/mol. The molecule has 1 heterocycles. The summed E-state index contributed by atoms with van der Waals surface area (Å²) in [5.74, 6) is 1.27. The van der Waals surface area contributed by atoms with E-state index in [9.17, 15) is 0 Å². The Balaban J connectivity index is 1.64. The maximum atomic E-state index is 6.45. The van der Waals surface area contributed by atoms with Gasteiger partial charge in [-0.25, -0.2) is 4.98 Å². The van der Waals surface area contributed by atoms with Crippen molar-refractivity contribution in [3.8, 4) is 17.1 Å². The zero-order valence-corrected chi connectivity index (χ0v) is 14.7. The Morgan fingerprint density at radius 3 is 2.28 bits per heavy atom. The number of H-pyrrole nitrogens is 1. The van der Waals surface area contributed by atoms with Crippen LogP contribution in [-0.2, 0) is 6.61 Å². The largest absolute Gasteiger partial charge is 0.489 e. The minimum absolute atomic E-state index is 0.456. The Morgan fingerprint density at radius 1 is 0.880 bits per heavy atom. The normalized spacial score (nSPS) is 11.0. The third-order valence-electron chi connectivity index (χ3n) is 3.89. The van der Waals surface area contributed by atoms with Gasteiger partial charge in [0.1, 0.15) is 18.2 Å². The summed E-state index contributed by atoms with van der Waals surface area (Å²) in [6, 6.07) is 21.3. The summed E-state index contributed by atoms with van der Waals surface area (Å²) >= 11 is 12.9. The number of para-hydroxylation sites is 2. The molecule has 0 spiro atoms. The second-order valence-electron chi connectivity index (χ2n) is 5.64. The molecule has 0 fully saturated rings. The number of benzene rings is 3. The molecule has 0 amide bonds. The fourth-order valence-electron chi connectivity index (χ4n) is 2.67. The molecule has 0 aliphatic rings.